The summed E-state index contributed by atoms with van der Waals surface area (Å²) in [5.41, 5.74) is 2.47. The highest BCUT2D eigenvalue weighted by Gasteiger charge is 2.11. The molecule has 0 N–H and O–H groups in total. The highest BCUT2D eigenvalue weighted by molar-refractivity contribution is 5.51. The summed E-state index contributed by atoms with van der Waals surface area (Å²) in [5.74, 6) is -1.29. The Bertz CT molecular complexity index is 1080. The molecule has 0 unspecified atom stereocenters. The highest BCUT2D eigenvalue weighted by atomic mass is 19.1. The van der Waals surface area contributed by atoms with Gasteiger partial charge in [0.1, 0.15) is 23.9 Å². The molecule has 3 heterocycles. The van der Waals surface area contributed by atoms with Crippen molar-refractivity contribution in [3.8, 4) is 11.4 Å². The van der Waals surface area contributed by atoms with E-state index in [1.54, 1.807) is 31.3 Å². The number of hydrogen-bond donors (Lipinski definition) is 0. The molecule has 0 saturated heterocycles. The minimum absolute atomic E-state index is 0.0427. The monoisotopic (exact) mass is 369 g/mol. The van der Waals surface area contributed by atoms with Crippen LogP contribution in [0.25, 0.3) is 11.8 Å². The lowest BCUT2D eigenvalue weighted by molar-refractivity contribution is 0.292. The van der Waals surface area contributed by atoms with Gasteiger partial charge in [-0.3, -0.25) is 19.3 Å². The third kappa shape index (κ3) is 3.92. The van der Waals surface area contributed by atoms with Crippen molar-refractivity contribution in [2.45, 2.75) is 20.5 Å². The lowest BCUT2D eigenvalue weighted by atomic mass is 10.2. The fourth-order valence-electron chi connectivity index (χ4n) is 2.65. The van der Waals surface area contributed by atoms with Gasteiger partial charge in [0.15, 0.2) is 5.82 Å². The third-order valence-electron chi connectivity index (χ3n) is 4.00. The third-order valence-corrected chi connectivity index (χ3v) is 4.00. The second kappa shape index (κ2) is 7.49. The number of rotatable bonds is 5. The lowest BCUT2D eigenvalue weighted by Gasteiger charge is -2.15. The van der Waals surface area contributed by atoms with Gasteiger partial charge in [-0.15, -0.1) is 0 Å². The van der Waals surface area contributed by atoms with Gasteiger partial charge >= 0.3 is 0 Å². The smallest absolute Gasteiger partial charge is 0.259 e. The van der Waals surface area contributed by atoms with Crippen molar-refractivity contribution in [3.63, 3.8) is 0 Å². The molecule has 3 rings (SSSR count). The van der Waals surface area contributed by atoms with Gasteiger partial charge in [0.05, 0.1) is 17.6 Å². The molecule has 3 aromatic rings. The second-order valence-corrected chi connectivity index (χ2v) is 5.98. The summed E-state index contributed by atoms with van der Waals surface area (Å²) in [4.78, 5) is 20.5. The predicted molar refractivity (Wildman–Crippen MR) is 97.9 cm³/mol. The first kappa shape index (κ1) is 18.4. The van der Waals surface area contributed by atoms with Crippen LogP contribution in [0.5, 0.6) is 5.75 Å². The molecule has 138 valence electrons. The quantitative estimate of drug-likeness (QED) is 0.687. The molecular formula is C20H17F2N3O2. The number of aromatic nitrogens is 3. The molecule has 3 aromatic heterocycles. The molecule has 0 fully saturated rings. The first-order valence-electron chi connectivity index (χ1n) is 8.15. The average Bonchev–Trinajstić information content (AvgIpc) is 2.62. The van der Waals surface area contributed by atoms with Crippen molar-refractivity contribution < 1.29 is 13.5 Å². The molecule has 0 atom stereocenters. The second-order valence-electron chi connectivity index (χ2n) is 5.98. The van der Waals surface area contributed by atoms with Crippen molar-refractivity contribution >= 4 is 6.08 Å². The van der Waals surface area contributed by atoms with Gasteiger partial charge in [-0.25, -0.2) is 8.78 Å². The van der Waals surface area contributed by atoms with Crippen LogP contribution in [0.2, 0.25) is 0 Å². The zero-order valence-corrected chi connectivity index (χ0v) is 14.9. The summed E-state index contributed by atoms with van der Waals surface area (Å²) in [6, 6.07) is 5.48. The van der Waals surface area contributed by atoms with Gasteiger partial charge in [0, 0.05) is 30.1 Å². The Morgan fingerprint density at radius 1 is 1.15 bits per heavy atom. The molecule has 27 heavy (non-hydrogen) atoms. The largest absolute Gasteiger partial charge is 0.487 e. The van der Waals surface area contributed by atoms with Crippen LogP contribution in [0.15, 0.2) is 48.0 Å². The van der Waals surface area contributed by atoms with E-state index >= 15 is 0 Å². The Labute approximate surface area is 154 Å². The summed E-state index contributed by atoms with van der Waals surface area (Å²) < 4.78 is 33.6. The molecule has 0 bridgehead atoms. The molecule has 0 aliphatic heterocycles. The maximum Gasteiger partial charge on any atom is 0.259 e. The Morgan fingerprint density at radius 2 is 1.93 bits per heavy atom. The van der Waals surface area contributed by atoms with Gasteiger partial charge in [-0.05, 0) is 31.6 Å². The number of halogens is 2. The van der Waals surface area contributed by atoms with E-state index in [-0.39, 0.29) is 23.6 Å². The van der Waals surface area contributed by atoms with Gasteiger partial charge in [-0.1, -0.05) is 6.58 Å². The van der Waals surface area contributed by atoms with Crippen LogP contribution in [-0.2, 0) is 6.61 Å². The molecule has 0 aliphatic rings. The molecular weight excluding hydrogens is 352 g/mol. The Kier molecular flexibility index (Phi) is 5.12. The predicted octanol–water partition coefficient (Wildman–Crippen LogP) is 3.74. The Morgan fingerprint density at radius 3 is 2.59 bits per heavy atom. The minimum Gasteiger partial charge on any atom is -0.487 e. The number of hydrogen-bond acceptors (Lipinski definition) is 4. The summed E-state index contributed by atoms with van der Waals surface area (Å²) >= 11 is 0. The fourth-order valence-corrected chi connectivity index (χ4v) is 2.65. The summed E-state index contributed by atoms with van der Waals surface area (Å²) in [5, 5.41) is 0. The first-order valence-corrected chi connectivity index (χ1v) is 8.15. The number of aryl methyl sites for hydroxylation is 2. The zero-order chi connectivity index (χ0) is 19.6. The van der Waals surface area contributed by atoms with Crippen LogP contribution in [0.1, 0.15) is 22.6 Å². The molecule has 0 aliphatic carbocycles. The van der Waals surface area contributed by atoms with E-state index in [0.29, 0.717) is 17.1 Å². The van der Waals surface area contributed by atoms with Crippen LogP contribution in [-0.4, -0.2) is 14.5 Å². The zero-order valence-electron chi connectivity index (χ0n) is 14.9. The topological polar surface area (TPSA) is 57.0 Å². The summed E-state index contributed by atoms with van der Waals surface area (Å²) in [6.45, 7) is 7.09. The van der Waals surface area contributed by atoms with Gasteiger partial charge in [-0.2, -0.15) is 0 Å². The van der Waals surface area contributed by atoms with Gasteiger partial charge < -0.3 is 4.74 Å². The van der Waals surface area contributed by atoms with E-state index in [1.807, 2.05) is 6.92 Å². The molecule has 0 amide bonds. The van der Waals surface area contributed by atoms with Gasteiger partial charge in [0.2, 0.25) is 0 Å². The fraction of sp³-hybridized carbons (Fsp3) is 0.150. The van der Waals surface area contributed by atoms with Crippen LogP contribution in [0.3, 0.4) is 0 Å². The maximum atomic E-state index is 13.7. The van der Waals surface area contributed by atoms with Crippen LogP contribution in [0.4, 0.5) is 8.78 Å². The molecule has 7 heteroatoms. The van der Waals surface area contributed by atoms with E-state index < -0.39 is 11.6 Å². The van der Waals surface area contributed by atoms with Crippen molar-refractivity contribution in [3.05, 3.63) is 87.9 Å². The van der Waals surface area contributed by atoms with E-state index in [2.05, 4.69) is 16.5 Å². The molecule has 5 nitrogen and oxygen atoms in total. The molecule has 0 spiro atoms. The van der Waals surface area contributed by atoms with E-state index in [0.717, 1.165) is 17.8 Å². The van der Waals surface area contributed by atoms with Gasteiger partial charge in [0.25, 0.3) is 5.56 Å². The SMILES string of the molecule is C=Cc1cc(-n2c(C)cc(OCc3ncc(F)cc3F)cc2=O)c(C)cn1. The lowest BCUT2D eigenvalue weighted by Crippen LogP contribution is -2.21. The van der Waals surface area contributed by atoms with E-state index in [4.69, 9.17) is 4.74 Å². The minimum atomic E-state index is -0.801. The van der Waals surface area contributed by atoms with Crippen molar-refractivity contribution in [2.24, 2.45) is 0 Å². The van der Waals surface area contributed by atoms with E-state index in [1.165, 1.54) is 10.6 Å². The van der Waals surface area contributed by atoms with Crippen LogP contribution >= 0.6 is 0 Å². The highest BCUT2D eigenvalue weighted by Crippen LogP contribution is 2.19. The Balaban J connectivity index is 1.91. The van der Waals surface area contributed by atoms with Crippen molar-refractivity contribution in [1.82, 2.24) is 14.5 Å². The molecule has 0 aromatic carbocycles. The maximum absolute atomic E-state index is 13.7. The summed E-state index contributed by atoms with van der Waals surface area (Å²) in [6.07, 6.45) is 4.19. The standard InChI is InChI=1S/C20H17F2N3O2/c1-4-15-7-19(12(2)9-23-15)25-13(3)5-16(8-20(25)26)27-11-18-17(22)6-14(21)10-24-18/h4-10H,1,11H2,2-3H3. The van der Waals surface area contributed by atoms with Crippen LogP contribution < -0.4 is 10.3 Å². The van der Waals surface area contributed by atoms with E-state index in [9.17, 15) is 13.6 Å². The average molecular weight is 369 g/mol. The molecule has 0 saturated carbocycles. The number of nitrogens with zero attached hydrogens (tertiary/aromatic N) is 3. The van der Waals surface area contributed by atoms with Crippen molar-refractivity contribution in [2.75, 3.05) is 0 Å². The van der Waals surface area contributed by atoms with Crippen molar-refractivity contribution in [1.29, 1.82) is 0 Å². The normalized spacial score (nSPS) is 10.7. The first-order chi connectivity index (χ1) is 12.9. The Hall–Kier alpha value is -3.35. The number of pyridine rings is 3. The van der Waals surface area contributed by atoms with Crippen LogP contribution in [0, 0.1) is 25.5 Å². The number of ether oxygens (including phenoxy) is 1. The molecule has 0 radical (unpaired) electrons. The summed E-state index contributed by atoms with van der Waals surface area (Å²) in [7, 11) is 0.